The molecule has 0 fully saturated rings. The van der Waals surface area contributed by atoms with Crippen LogP contribution < -0.4 is 16.2 Å². The van der Waals surface area contributed by atoms with Crippen LogP contribution in [0.1, 0.15) is 25.3 Å². The van der Waals surface area contributed by atoms with Crippen LogP contribution in [-0.2, 0) is 22.0 Å². The van der Waals surface area contributed by atoms with Crippen molar-refractivity contribution in [3.63, 3.8) is 0 Å². The fourth-order valence-electron chi connectivity index (χ4n) is 1.78. The van der Waals surface area contributed by atoms with Crippen LogP contribution in [0.15, 0.2) is 28.8 Å². The minimum atomic E-state index is -4.78. The van der Waals surface area contributed by atoms with Crippen molar-refractivity contribution < 1.29 is 26.1 Å². The quantitative estimate of drug-likeness (QED) is 0.662. The van der Waals surface area contributed by atoms with Crippen molar-refractivity contribution in [2.75, 3.05) is 0 Å². The Balaban J connectivity index is 2.37. The van der Waals surface area contributed by atoms with Gasteiger partial charge in [0.1, 0.15) is 0 Å². The van der Waals surface area contributed by atoms with Crippen molar-refractivity contribution in [3.05, 3.63) is 35.7 Å². The van der Waals surface area contributed by atoms with Crippen molar-refractivity contribution in [3.8, 4) is 11.4 Å². The zero-order chi connectivity index (χ0) is 19.0. The maximum Gasteiger partial charge on any atom is 0.471 e. The Bertz CT molecular complexity index is 862. The Kier molecular flexibility index (Phi) is 4.92. The van der Waals surface area contributed by atoms with E-state index in [4.69, 9.17) is 11.5 Å². The fraction of sp³-hybridized carbons (Fsp3) is 0.385. The summed E-state index contributed by atoms with van der Waals surface area (Å²) in [5.74, 6) is -3.81. The average molecular weight is 379 g/mol. The topological polar surface area (TPSA) is 137 Å². The summed E-state index contributed by atoms with van der Waals surface area (Å²) >= 11 is 0. The Morgan fingerprint density at radius 3 is 2.40 bits per heavy atom. The molecule has 0 radical (unpaired) electrons. The number of alkyl halides is 3. The number of nitrogens with two attached hydrogens (primary N) is 2. The Hall–Kier alpha value is -2.02. The van der Waals surface area contributed by atoms with E-state index in [9.17, 15) is 21.6 Å². The van der Waals surface area contributed by atoms with Gasteiger partial charge in [-0.15, -0.1) is 0 Å². The van der Waals surface area contributed by atoms with Gasteiger partial charge in [0.25, 0.3) is 0 Å². The summed E-state index contributed by atoms with van der Waals surface area (Å²) in [7, 11) is -3.80. The molecule has 0 spiro atoms. The van der Waals surface area contributed by atoms with Crippen molar-refractivity contribution in [1.29, 1.82) is 0 Å². The van der Waals surface area contributed by atoms with Gasteiger partial charge >= 0.3 is 12.1 Å². The molecule has 0 aliphatic heterocycles. The summed E-state index contributed by atoms with van der Waals surface area (Å²) in [5, 5.41) is 2.47. The van der Waals surface area contributed by atoms with Crippen LogP contribution in [0.5, 0.6) is 0 Å². The standard InChI is InChI=1S/C13H16F3N5O3S/c1-7(2)25(22,23)21-13(17,18)9-5-3-4-8(6-9)10-19-11(24-20-10)12(14,15)16/h3-7,21H,17-18H2,1-2H3. The first-order chi connectivity index (χ1) is 11.3. The number of nitrogens with zero attached hydrogens (tertiary/aromatic N) is 2. The fourth-order valence-corrected chi connectivity index (χ4v) is 2.61. The molecule has 2 aromatic rings. The lowest BCUT2D eigenvalue weighted by molar-refractivity contribution is -0.159. The van der Waals surface area contributed by atoms with Crippen molar-refractivity contribution in [1.82, 2.24) is 14.9 Å². The molecule has 1 aromatic carbocycles. The Labute approximate surface area is 141 Å². The molecule has 0 aliphatic carbocycles. The molecule has 5 N–H and O–H groups in total. The van der Waals surface area contributed by atoms with Gasteiger partial charge in [0.15, 0.2) is 5.79 Å². The second-order valence-corrected chi connectivity index (χ2v) is 7.80. The van der Waals surface area contributed by atoms with E-state index in [1.54, 1.807) is 0 Å². The number of aromatic nitrogens is 2. The summed E-state index contributed by atoms with van der Waals surface area (Å²) in [6.07, 6.45) is -4.78. The number of nitrogens with one attached hydrogen (secondary N) is 1. The highest BCUT2D eigenvalue weighted by Crippen LogP contribution is 2.29. The van der Waals surface area contributed by atoms with Gasteiger partial charge in [-0.3, -0.25) is 11.5 Å². The SMILES string of the molecule is CC(C)S(=O)(=O)NC(N)(N)c1cccc(-c2noc(C(F)(F)F)n2)c1. The lowest BCUT2D eigenvalue weighted by atomic mass is 10.1. The van der Waals surface area contributed by atoms with Gasteiger partial charge in [0, 0.05) is 11.1 Å². The maximum atomic E-state index is 12.5. The molecule has 0 unspecified atom stereocenters. The van der Waals surface area contributed by atoms with Crippen molar-refractivity contribution >= 4 is 10.0 Å². The molecule has 0 saturated heterocycles. The number of hydrogen-bond donors (Lipinski definition) is 3. The van der Waals surface area contributed by atoms with Crippen LogP contribution in [0, 0.1) is 0 Å². The van der Waals surface area contributed by atoms with Crippen LogP contribution in [-0.4, -0.2) is 23.8 Å². The highest BCUT2D eigenvalue weighted by molar-refractivity contribution is 7.90. The zero-order valence-corrected chi connectivity index (χ0v) is 14.0. The molecule has 12 heteroatoms. The van der Waals surface area contributed by atoms with Gasteiger partial charge < -0.3 is 4.52 Å². The minimum Gasteiger partial charge on any atom is -0.329 e. The highest BCUT2D eigenvalue weighted by atomic mass is 32.2. The third kappa shape index (κ3) is 4.34. The van der Waals surface area contributed by atoms with Crippen LogP contribution >= 0.6 is 0 Å². The summed E-state index contributed by atoms with van der Waals surface area (Å²) in [5.41, 5.74) is 11.9. The largest absolute Gasteiger partial charge is 0.471 e. The summed E-state index contributed by atoms with van der Waals surface area (Å²) in [4.78, 5) is 3.25. The Morgan fingerprint density at radius 2 is 1.88 bits per heavy atom. The van der Waals surface area contributed by atoms with Crippen molar-refractivity contribution in [2.24, 2.45) is 11.5 Å². The molecule has 1 aromatic heterocycles. The van der Waals surface area contributed by atoms with Crippen LogP contribution in [0.2, 0.25) is 0 Å². The predicted molar refractivity (Wildman–Crippen MR) is 82.0 cm³/mol. The first-order valence-corrected chi connectivity index (χ1v) is 8.50. The molecular formula is C13H16F3N5O3S. The van der Waals surface area contributed by atoms with Gasteiger partial charge in [-0.05, 0) is 19.9 Å². The molecule has 8 nitrogen and oxygen atoms in total. The minimum absolute atomic E-state index is 0.104. The molecule has 2 rings (SSSR count). The molecule has 138 valence electrons. The second-order valence-electron chi connectivity index (χ2n) is 5.57. The summed E-state index contributed by atoms with van der Waals surface area (Å²) in [6, 6.07) is 5.51. The number of sulfonamides is 1. The van der Waals surface area contributed by atoms with E-state index in [2.05, 4.69) is 19.4 Å². The maximum absolute atomic E-state index is 12.5. The molecule has 0 atom stereocenters. The molecule has 0 saturated carbocycles. The van der Waals surface area contributed by atoms with Crippen LogP contribution in [0.25, 0.3) is 11.4 Å². The van der Waals surface area contributed by atoms with Gasteiger partial charge in [-0.25, -0.2) is 8.42 Å². The van der Waals surface area contributed by atoms with E-state index in [0.717, 1.165) is 0 Å². The predicted octanol–water partition coefficient (Wildman–Crippen LogP) is 1.11. The molecule has 0 amide bonds. The van der Waals surface area contributed by atoms with E-state index in [1.807, 2.05) is 0 Å². The second kappa shape index (κ2) is 6.37. The van der Waals surface area contributed by atoms with Gasteiger partial charge in [0.05, 0.1) is 5.25 Å². The molecule has 25 heavy (non-hydrogen) atoms. The third-order valence-electron chi connectivity index (χ3n) is 3.20. The van der Waals surface area contributed by atoms with Crippen LogP contribution in [0.4, 0.5) is 13.2 Å². The van der Waals surface area contributed by atoms with Gasteiger partial charge in [-0.1, -0.05) is 23.4 Å². The molecule has 0 bridgehead atoms. The first kappa shape index (κ1) is 19.3. The Morgan fingerprint density at radius 1 is 1.24 bits per heavy atom. The lowest BCUT2D eigenvalue weighted by Gasteiger charge is -2.27. The lowest BCUT2D eigenvalue weighted by Crippen LogP contribution is -2.60. The summed E-state index contributed by atoms with van der Waals surface area (Å²) < 4.78 is 67.8. The summed E-state index contributed by atoms with van der Waals surface area (Å²) in [6.45, 7) is 2.87. The van der Waals surface area contributed by atoms with E-state index in [1.165, 1.54) is 38.1 Å². The van der Waals surface area contributed by atoms with E-state index < -0.39 is 33.1 Å². The zero-order valence-electron chi connectivity index (χ0n) is 13.2. The normalized spacial score (nSPS) is 13.4. The number of benzene rings is 1. The number of rotatable bonds is 5. The monoisotopic (exact) mass is 379 g/mol. The van der Waals surface area contributed by atoms with Crippen LogP contribution in [0.3, 0.4) is 0 Å². The highest BCUT2D eigenvalue weighted by Gasteiger charge is 2.38. The molecular weight excluding hydrogens is 363 g/mol. The van der Waals surface area contributed by atoms with E-state index in [0.29, 0.717) is 0 Å². The van der Waals surface area contributed by atoms with E-state index >= 15 is 0 Å². The number of hydrogen-bond acceptors (Lipinski definition) is 7. The van der Waals surface area contributed by atoms with Crippen molar-refractivity contribution in [2.45, 2.75) is 31.1 Å². The number of halogens is 3. The molecule has 1 heterocycles. The van der Waals surface area contributed by atoms with E-state index in [-0.39, 0.29) is 17.0 Å². The smallest absolute Gasteiger partial charge is 0.329 e. The molecule has 0 aliphatic rings. The third-order valence-corrected chi connectivity index (χ3v) is 5.06. The first-order valence-electron chi connectivity index (χ1n) is 6.95. The van der Waals surface area contributed by atoms with Gasteiger partial charge in [0.2, 0.25) is 15.8 Å². The average Bonchev–Trinajstić information content (AvgIpc) is 2.96. The van der Waals surface area contributed by atoms with Gasteiger partial charge in [-0.2, -0.15) is 22.9 Å².